The van der Waals surface area contributed by atoms with Crippen molar-refractivity contribution >= 4 is 39.8 Å². The number of aromatic nitrogens is 2. The molecule has 1 aromatic heterocycles. The summed E-state index contributed by atoms with van der Waals surface area (Å²) < 4.78 is 24.8. The van der Waals surface area contributed by atoms with Gasteiger partial charge in [0.25, 0.3) is 0 Å². The van der Waals surface area contributed by atoms with Crippen LogP contribution in [-0.4, -0.2) is 59.6 Å². The number of halogens is 2. The number of carbonyl (C=O) groups is 1. The first-order valence-electron chi connectivity index (χ1n) is 11.6. The van der Waals surface area contributed by atoms with Crippen LogP contribution in [0, 0.1) is 5.82 Å². The predicted molar refractivity (Wildman–Crippen MR) is 133 cm³/mol. The zero-order valence-electron chi connectivity index (χ0n) is 19.3. The summed E-state index contributed by atoms with van der Waals surface area (Å²) in [4.78, 5) is 23.8. The fourth-order valence-corrected chi connectivity index (χ4v) is 5.03. The van der Waals surface area contributed by atoms with E-state index in [2.05, 4.69) is 20.2 Å². The van der Waals surface area contributed by atoms with Crippen LogP contribution in [0.25, 0.3) is 10.9 Å². The lowest BCUT2D eigenvalue weighted by molar-refractivity contribution is -0.114. The van der Waals surface area contributed by atoms with E-state index in [1.807, 2.05) is 12.1 Å². The monoisotopic (exact) mass is 496 g/mol. The van der Waals surface area contributed by atoms with Crippen LogP contribution < -0.4 is 10.1 Å². The summed E-state index contributed by atoms with van der Waals surface area (Å²) >= 11 is 5.91. The van der Waals surface area contributed by atoms with Gasteiger partial charge in [0.05, 0.1) is 23.8 Å². The summed E-state index contributed by atoms with van der Waals surface area (Å²) in [5.74, 6) is 0.591. The van der Waals surface area contributed by atoms with Crippen LogP contribution in [0.1, 0.15) is 18.4 Å². The summed E-state index contributed by atoms with van der Waals surface area (Å²) in [6.07, 6.45) is 7.66. The molecule has 7 nitrogen and oxygen atoms in total. The van der Waals surface area contributed by atoms with Crippen LogP contribution in [0.2, 0.25) is 5.02 Å². The van der Waals surface area contributed by atoms with Crippen LogP contribution in [0.15, 0.2) is 48.8 Å². The molecule has 1 N–H and O–H groups in total. The molecule has 2 aliphatic rings. The number of nitrogens with zero attached hydrogens (tertiary/aromatic N) is 3. The van der Waals surface area contributed by atoms with E-state index in [0.717, 1.165) is 38.1 Å². The van der Waals surface area contributed by atoms with E-state index in [1.54, 1.807) is 25.3 Å². The minimum Gasteiger partial charge on any atom is -0.496 e. The molecule has 2 unspecified atom stereocenters. The number of hydrogen-bond donors (Lipinski definition) is 1. The largest absolute Gasteiger partial charge is 0.496 e. The number of rotatable bonds is 8. The number of fused-ring (bicyclic) bond motifs is 2. The first-order valence-corrected chi connectivity index (χ1v) is 12.0. The molecule has 0 spiro atoms. The van der Waals surface area contributed by atoms with Crippen LogP contribution in [0.5, 0.6) is 5.75 Å². The number of allylic oxidation sites excluding steroid dienone is 1. The minimum atomic E-state index is -0.496. The highest BCUT2D eigenvalue weighted by atomic mass is 35.5. The van der Waals surface area contributed by atoms with Crippen LogP contribution >= 0.6 is 11.6 Å². The summed E-state index contributed by atoms with van der Waals surface area (Å²) in [6, 6.07) is 8.47. The zero-order valence-corrected chi connectivity index (χ0v) is 20.1. The summed E-state index contributed by atoms with van der Waals surface area (Å²) in [6.45, 7) is 2.57. The van der Waals surface area contributed by atoms with Gasteiger partial charge >= 0.3 is 0 Å². The maximum Gasteiger partial charge on any atom is 0.159 e. The SMILES string of the molecule is COc1cc2ncnc(Nc3ccc(F)c(Cl)c3)c2cc1CC(=O)/C=C/CN1CCC2OCCC21. The molecule has 3 aromatic rings. The number of likely N-dealkylation sites (tertiary alicyclic amines) is 1. The third-order valence-corrected chi connectivity index (χ3v) is 6.86. The fourth-order valence-electron chi connectivity index (χ4n) is 4.85. The van der Waals surface area contributed by atoms with Crippen LogP contribution in [-0.2, 0) is 16.0 Å². The Kier molecular flexibility index (Phi) is 6.95. The van der Waals surface area contributed by atoms with Gasteiger partial charge in [0.2, 0.25) is 0 Å². The van der Waals surface area contributed by atoms with Gasteiger partial charge in [0.1, 0.15) is 23.7 Å². The molecule has 0 amide bonds. The van der Waals surface area contributed by atoms with Gasteiger partial charge in [0, 0.05) is 54.9 Å². The van der Waals surface area contributed by atoms with E-state index in [4.69, 9.17) is 21.1 Å². The lowest BCUT2D eigenvalue weighted by Gasteiger charge is -2.20. The number of nitrogens with one attached hydrogen (secondary N) is 1. The molecule has 2 fully saturated rings. The van der Waals surface area contributed by atoms with Gasteiger partial charge in [-0.05, 0) is 43.2 Å². The smallest absolute Gasteiger partial charge is 0.159 e. The highest BCUT2D eigenvalue weighted by Gasteiger charge is 2.37. The summed E-state index contributed by atoms with van der Waals surface area (Å²) in [5, 5.41) is 3.88. The van der Waals surface area contributed by atoms with Crippen molar-refractivity contribution in [2.24, 2.45) is 0 Å². The van der Waals surface area contributed by atoms with Crippen molar-refractivity contribution in [1.29, 1.82) is 0 Å². The Bertz CT molecular complexity index is 1280. The Balaban J connectivity index is 1.33. The van der Waals surface area contributed by atoms with Crippen molar-refractivity contribution in [2.45, 2.75) is 31.4 Å². The Labute approximate surface area is 207 Å². The number of ether oxygens (including phenoxy) is 2. The first kappa shape index (κ1) is 23.7. The number of anilines is 2. The van der Waals surface area contributed by atoms with Crippen molar-refractivity contribution in [3.05, 3.63) is 65.2 Å². The van der Waals surface area contributed by atoms with E-state index in [0.29, 0.717) is 40.3 Å². The molecule has 0 radical (unpaired) electrons. The van der Waals surface area contributed by atoms with Gasteiger partial charge in [-0.1, -0.05) is 17.7 Å². The molecule has 2 atom stereocenters. The standard InChI is InChI=1S/C26H26ClFN4O3/c1-34-25-14-22-19(26(30-15-29-22)31-17-4-5-21(28)20(27)13-17)12-16(25)11-18(33)3-2-8-32-9-6-24-23(32)7-10-35-24/h2-5,12-15,23-24H,6-11H2,1H3,(H,29,30,31)/b3-2+. The number of hydrogen-bond acceptors (Lipinski definition) is 7. The summed E-state index contributed by atoms with van der Waals surface area (Å²) in [5.41, 5.74) is 1.97. The number of benzene rings is 2. The highest BCUT2D eigenvalue weighted by Crippen LogP contribution is 2.31. The van der Waals surface area contributed by atoms with Crippen molar-refractivity contribution < 1.29 is 18.7 Å². The van der Waals surface area contributed by atoms with E-state index in [-0.39, 0.29) is 17.2 Å². The molecule has 35 heavy (non-hydrogen) atoms. The lowest BCUT2D eigenvalue weighted by atomic mass is 10.0. The Morgan fingerprint density at radius 1 is 1.31 bits per heavy atom. The third-order valence-electron chi connectivity index (χ3n) is 6.57. The molecule has 2 saturated heterocycles. The molecule has 5 rings (SSSR count). The second-order valence-corrected chi connectivity index (χ2v) is 9.16. The van der Waals surface area contributed by atoms with Crippen molar-refractivity contribution in [2.75, 3.05) is 32.1 Å². The molecule has 0 aliphatic carbocycles. The molecule has 0 bridgehead atoms. The lowest BCUT2D eigenvalue weighted by Crippen LogP contribution is -2.32. The molecular weight excluding hydrogens is 471 g/mol. The quantitative estimate of drug-likeness (QED) is 0.453. The van der Waals surface area contributed by atoms with Gasteiger partial charge < -0.3 is 14.8 Å². The van der Waals surface area contributed by atoms with Crippen molar-refractivity contribution in [3.63, 3.8) is 0 Å². The van der Waals surface area contributed by atoms with E-state index >= 15 is 0 Å². The summed E-state index contributed by atoms with van der Waals surface area (Å²) in [7, 11) is 1.57. The molecule has 182 valence electrons. The van der Waals surface area contributed by atoms with E-state index in [9.17, 15) is 9.18 Å². The topological polar surface area (TPSA) is 76.6 Å². The van der Waals surface area contributed by atoms with Gasteiger partial charge in [-0.2, -0.15) is 0 Å². The fraction of sp³-hybridized carbons (Fsp3) is 0.346. The van der Waals surface area contributed by atoms with Gasteiger partial charge in [-0.3, -0.25) is 9.69 Å². The average Bonchev–Trinajstić information content (AvgIpc) is 3.46. The second-order valence-electron chi connectivity index (χ2n) is 8.75. The minimum absolute atomic E-state index is 0.0120. The maximum absolute atomic E-state index is 13.5. The van der Waals surface area contributed by atoms with Gasteiger partial charge in [-0.15, -0.1) is 0 Å². The zero-order chi connectivity index (χ0) is 24.4. The molecule has 2 aromatic carbocycles. The molecule has 3 heterocycles. The molecule has 9 heteroatoms. The highest BCUT2D eigenvalue weighted by molar-refractivity contribution is 6.31. The Hall–Kier alpha value is -3.07. The van der Waals surface area contributed by atoms with E-state index in [1.165, 1.54) is 18.5 Å². The van der Waals surface area contributed by atoms with Crippen molar-refractivity contribution in [1.82, 2.24) is 14.9 Å². The van der Waals surface area contributed by atoms with Gasteiger partial charge in [0.15, 0.2) is 5.78 Å². The molecule has 2 aliphatic heterocycles. The van der Waals surface area contributed by atoms with Crippen molar-refractivity contribution in [3.8, 4) is 5.75 Å². The average molecular weight is 497 g/mol. The Morgan fingerprint density at radius 3 is 3.03 bits per heavy atom. The molecule has 0 saturated carbocycles. The molecular formula is C26H26ClFN4O3. The number of methoxy groups -OCH3 is 1. The number of carbonyl (C=O) groups excluding carboxylic acids is 1. The third kappa shape index (κ3) is 5.15. The number of ketones is 1. The maximum atomic E-state index is 13.5. The van der Waals surface area contributed by atoms with Gasteiger partial charge in [-0.25, -0.2) is 14.4 Å². The normalized spacial score (nSPS) is 20.0. The predicted octanol–water partition coefficient (Wildman–Crippen LogP) is 4.71. The van der Waals surface area contributed by atoms with Crippen LogP contribution in [0.4, 0.5) is 15.9 Å². The van der Waals surface area contributed by atoms with E-state index < -0.39 is 5.82 Å². The van der Waals surface area contributed by atoms with Crippen LogP contribution in [0.3, 0.4) is 0 Å². The Morgan fingerprint density at radius 2 is 2.20 bits per heavy atom. The second kappa shape index (κ2) is 10.3. The first-order chi connectivity index (χ1) is 17.0.